The van der Waals surface area contributed by atoms with E-state index >= 15 is 0 Å². The van der Waals surface area contributed by atoms with Gasteiger partial charge in [0.1, 0.15) is 35.7 Å². The van der Waals surface area contributed by atoms with Crippen molar-refractivity contribution in [3.05, 3.63) is 72.1 Å². The van der Waals surface area contributed by atoms with E-state index in [1.807, 2.05) is 54.7 Å². The van der Waals surface area contributed by atoms with Crippen molar-refractivity contribution in [3.63, 3.8) is 0 Å². The zero-order chi connectivity index (χ0) is 42.3. The molecule has 15 nitrogen and oxygen atoms in total. The van der Waals surface area contributed by atoms with E-state index < -0.39 is 65.3 Å². The molecule has 5 fully saturated rings. The third-order valence-electron chi connectivity index (χ3n) is 14.1. The largest absolute Gasteiger partial charge is 0.382 e. The average Bonchev–Trinajstić information content (AvgIpc) is 4.13. The van der Waals surface area contributed by atoms with Crippen LogP contribution >= 0.6 is 0 Å². The number of aromatic amines is 2. The number of aromatic nitrogens is 2. The second-order valence-electron chi connectivity index (χ2n) is 17.8. The van der Waals surface area contributed by atoms with Crippen molar-refractivity contribution in [3.8, 4) is 0 Å². The van der Waals surface area contributed by atoms with Crippen LogP contribution in [0.5, 0.6) is 0 Å². The van der Waals surface area contributed by atoms with E-state index in [-0.39, 0.29) is 37.3 Å². The molecule has 6 amide bonds. The molecule has 1 spiro atoms. The van der Waals surface area contributed by atoms with Gasteiger partial charge in [0.05, 0.1) is 6.61 Å². The first-order chi connectivity index (χ1) is 29.6. The van der Waals surface area contributed by atoms with E-state index in [2.05, 4.69) is 31.2 Å². The number of amides is 6. The lowest BCUT2D eigenvalue weighted by Crippen LogP contribution is -2.65. The Bertz CT molecular complexity index is 2330. The summed E-state index contributed by atoms with van der Waals surface area (Å²) in [6, 6.07) is 10.1. The van der Waals surface area contributed by atoms with Crippen molar-refractivity contribution in [1.82, 2.24) is 41.0 Å². The minimum atomic E-state index is -1.38. The Morgan fingerprint density at radius 2 is 1.28 bits per heavy atom. The van der Waals surface area contributed by atoms with Gasteiger partial charge in [0.2, 0.25) is 35.4 Å². The first-order valence-corrected chi connectivity index (χ1v) is 22.1. The third-order valence-corrected chi connectivity index (χ3v) is 14.1. The van der Waals surface area contributed by atoms with Crippen LogP contribution < -0.4 is 21.3 Å². The molecule has 3 aliphatic heterocycles. The van der Waals surface area contributed by atoms with Gasteiger partial charge in [0, 0.05) is 66.7 Å². The number of para-hydroxylation sites is 2. The Hall–Kier alpha value is -5.70. The van der Waals surface area contributed by atoms with Crippen LogP contribution in [-0.2, 0) is 46.3 Å². The number of carbonyl (C=O) groups excluding carboxylic acids is 6. The number of carbonyl (C=O) groups is 6. The highest BCUT2D eigenvalue weighted by Crippen LogP contribution is 2.41. The normalized spacial score (nSPS) is 28.8. The zero-order valence-electron chi connectivity index (χ0n) is 34.7. The fourth-order valence-electron chi connectivity index (χ4n) is 11.0. The van der Waals surface area contributed by atoms with E-state index in [4.69, 9.17) is 4.74 Å². The van der Waals surface area contributed by atoms with Crippen molar-refractivity contribution in [1.29, 1.82) is 0 Å². The second kappa shape index (κ2) is 17.0. The first-order valence-electron chi connectivity index (χ1n) is 22.1. The molecule has 2 aromatic heterocycles. The van der Waals surface area contributed by atoms with Gasteiger partial charge in [-0.25, -0.2) is 0 Å². The molecule has 2 aliphatic carbocycles. The van der Waals surface area contributed by atoms with Crippen LogP contribution in [0.2, 0.25) is 0 Å². The van der Waals surface area contributed by atoms with Crippen LogP contribution in [-0.4, -0.2) is 117 Å². The van der Waals surface area contributed by atoms with Crippen molar-refractivity contribution in [2.75, 3.05) is 20.3 Å². The number of fused-ring (bicyclic) bond motifs is 6. The minimum absolute atomic E-state index is 0.0858. The number of nitrogens with one attached hydrogen (secondary N) is 6. The molecule has 2 saturated carbocycles. The summed E-state index contributed by atoms with van der Waals surface area (Å²) in [6.45, 7) is 0.141. The van der Waals surface area contributed by atoms with Gasteiger partial charge in [0.15, 0.2) is 0 Å². The number of nitrogens with zero attached hydrogens (tertiary/aromatic N) is 2. The highest BCUT2D eigenvalue weighted by atomic mass is 16.5. The van der Waals surface area contributed by atoms with Gasteiger partial charge in [0.25, 0.3) is 0 Å². The van der Waals surface area contributed by atoms with E-state index in [0.29, 0.717) is 51.5 Å². The smallest absolute Gasteiger partial charge is 0.248 e. The molecule has 9 rings (SSSR count). The summed E-state index contributed by atoms with van der Waals surface area (Å²) in [6.07, 6.45) is 10.8. The monoisotopic (exact) mass is 832 g/mol. The molecular formula is C46H56N8O7. The van der Waals surface area contributed by atoms with Crippen molar-refractivity contribution >= 4 is 57.2 Å². The fourth-order valence-corrected chi connectivity index (χ4v) is 11.0. The maximum atomic E-state index is 15.0. The van der Waals surface area contributed by atoms with Gasteiger partial charge >= 0.3 is 0 Å². The molecule has 3 saturated heterocycles. The predicted molar refractivity (Wildman–Crippen MR) is 227 cm³/mol. The Labute approximate surface area is 354 Å². The summed E-state index contributed by atoms with van der Waals surface area (Å²) in [7, 11) is 1.44. The van der Waals surface area contributed by atoms with Crippen LogP contribution in [0.4, 0.5) is 0 Å². The maximum Gasteiger partial charge on any atom is 0.248 e. The quantitative estimate of drug-likeness (QED) is 0.172. The summed E-state index contributed by atoms with van der Waals surface area (Å²) < 4.78 is 5.49. The molecule has 4 aromatic rings. The molecule has 2 aromatic carbocycles. The molecule has 0 radical (unpaired) electrons. The zero-order valence-corrected chi connectivity index (χ0v) is 34.7. The number of H-pyrrole nitrogens is 2. The Kier molecular flexibility index (Phi) is 11.3. The molecule has 7 atom stereocenters. The van der Waals surface area contributed by atoms with Gasteiger partial charge in [-0.15, -0.1) is 0 Å². The number of ether oxygens (including phenoxy) is 1. The van der Waals surface area contributed by atoms with Crippen molar-refractivity contribution in [2.24, 2.45) is 5.92 Å². The Balaban J connectivity index is 1.12. The molecular weight excluding hydrogens is 777 g/mol. The highest BCUT2D eigenvalue weighted by Gasteiger charge is 2.52. The molecule has 6 N–H and O–H groups in total. The predicted octanol–water partition coefficient (Wildman–Crippen LogP) is 3.13. The third kappa shape index (κ3) is 7.77. The van der Waals surface area contributed by atoms with Crippen LogP contribution in [0, 0.1) is 5.92 Å². The topological polar surface area (TPSA) is 198 Å². The van der Waals surface area contributed by atoms with Gasteiger partial charge in [-0.2, -0.15) is 0 Å². The van der Waals surface area contributed by atoms with Crippen LogP contribution in [0.1, 0.15) is 81.8 Å². The van der Waals surface area contributed by atoms with Crippen molar-refractivity contribution < 1.29 is 33.5 Å². The number of hydrogen-bond acceptors (Lipinski definition) is 7. The maximum absolute atomic E-state index is 15.0. The highest BCUT2D eigenvalue weighted by molar-refractivity contribution is 6.00. The van der Waals surface area contributed by atoms with Crippen LogP contribution in [0.25, 0.3) is 21.8 Å². The summed E-state index contributed by atoms with van der Waals surface area (Å²) in [5.74, 6) is -2.68. The fraction of sp³-hybridized carbons (Fsp3) is 0.522. The van der Waals surface area contributed by atoms with E-state index in [1.54, 1.807) is 11.1 Å². The lowest BCUT2D eigenvalue weighted by atomic mass is 9.84. The van der Waals surface area contributed by atoms with Crippen LogP contribution in [0.15, 0.2) is 60.9 Å². The summed E-state index contributed by atoms with van der Waals surface area (Å²) in [5.41, 5.74) is 1.97. The van der Waals surface area contributed by atoms with Gasteiger partial charge in [-0.1, -0.05) is 62.1 Å². The molecule has 0 unspecified atom stereocenters. The van der Waals surface area contributed by atoms with Crippen LogP contribution in [0.3, 0.4) is 0 Å². The summed E-state index contributed by atoms with van der Waals surface area (Å²) in [5, 5.41) is 13.9. The average molecular weight is 833 g/mol. The lowest BCUT2D eigenvalue weighted by molar-refractivity contribution is -0.150. The second-order valence-corrected chi connectivity index (χ2v) is 17.8. The van der Waals surface area contributed by atoms with Gasteiger partial charge < -0.3 is 45.8 Å². The van der Waals surface area contributed by atoms with Gasteiger partial charge in [-0.05, 0) is 74.1 Å². The summed E-state index contributed by atoms with van der Waals surface area (Å²) in [4.78, 5) is 98.3. The summed E-state index contributed by atoms with van der Waals surface area (Å²) >= 11 is 0. The lowest BCUT2D eigenvalue weighted by Gasteiger charge is -2.38. The first kappa shape index (κ1) is 40.7. The molecule has 15 heteroatoms. The standard InChI is InChI=1S/C46H56N8O7/c1-61-26-36-43(58)53-20-10-17-38(53)44(59)54-37-16-7-2-11-27(37)23-39(54)42(57)49-35(22-29-25-48-33-15-6-4-13-31(29)33)41(56)52-46(18-8-9-19-46)45(60)51-34(40(55)50-36)21-28-24-47-32-14-5-3-12-30(28)32/h3-6,12-15,24-25,27,34-39,47-48H,2,7-11,16-23,26H2,1H3,(H,49,57)(H,50,55)(H,51,60)(H,52,56)/t27-,34+,35+,36+,37-,38-,39-/m1/s1. The molecule has 322 valence electrons. The van der Waals surface area contributed by atoms with E-state index in [0.717, 1.165) is 58.6 Å². The molecule has 0 bridgehead atoms. The number of benzene rings is 2. The molecule has 61 heavy (non-hydrogen) atoms. The number of rotatable bonds is 6. The minimum Gasteiger partial charge on any atom is -0.382 e. The molecule has 5 aliphatic rings. The number of methoxy groups -OCH3 is 1. The Morgan fingerprint density at radius 3 is 1.95 bits per heavy atom. The SMILES string of the molecule is COC[C@@H]1NC(=O)[C@H](Cc2c[nH]c3ccccc23)NC(=O)C2(CCCC2)NC(=O)[C@H](Cc2c[nH]c3ccccc23)NC(=O)[C@H]2C[C@H]3CCCC[C@H]3N2C(=O)[C@H]2CCCN2C1=O. The Morgan fingerprint density at radius 1 is 0.656 bits per heavy atom. The molecule has 5 heterocycles. The van der Waals surface area contributed by atoms with E-state index in [1.165, 1.54) is 12.0 Å². The van der Waals surface area contributed by atoms with Crippen molar-refractivity contribution in [2.45, 2.75) is 125 Å². The number of hydrogen-bond donors (Lipinski definition) is 6. The van der Waals surface area contributed by atoms with Gasteiger partial charge in [-0.3, -0.25) is 28.8 Å². The van der Waals surface area contributed by atoms with E-state index in [9.17, 15) is 28.8 Å².